The number of rotatable bonds is 9. The summed E-state index contributed by atoms with van der Waals surface area (Å²) >= 11 is 0. The van der Waals surface area contributed by atoms with E-state index in [4.69, 9.17) is 23.7 Å². The number of carbonyl (C=O) groups is 2. The van der Waals surface area contributed by atoms with E-state index >= 15 is 0 Å². The number of Topliss-reactive ketones (excluding diaryl/α,β-unsaturated/α-hetero) is 1. The Morgan fingerprint density at radius 3 is 2.19 bits per heavy atom. The summed E-state index contributed by atoms with van der Waals surface area (Å²) < 4.78 is 27.6. The van der Waals surface area contributed by atoms with E-state index < -0.39 is 5.92 Å². The fourth-order valence-corrected chi connectivity index (χ4v) is 6.01. The van der Waals surface area contributed by atoms with E-state index in [1.807, 2.05) is 37.3 Å². The molecule has 2 unspecified atom stereocenters. The Morgan fingerprint density at radius 2 is 1.53 bits per heavy atom. The lowest BCUT2D eigenvalue weighted by Gasteiger charge is -2.37. The smallest absolute Gasteiger partial charge is 0.254 e. The Hall–Kier alpha value is -4.92. The Morgan fingerprint density at radius 1 is 0.814 bits per heavy atom. The van der Waals surface area contributed by atoms with Crippen molar-refractivity contribution in [1.82, 2.24) is 5.32 Å². The van der Waals surface area contributed by atoms with Gasteiger partial charge in [-0.1, -0.05) is 18.2 Å². The van der Waals surface area contributed by atoms with Gasteiger partial charge in [-0.2, -0.15) is 0 Å². The van der Waals surface area contributed by atoms with Crippen molar-refractivity contribution in [2.45, 2.75) is 31.6 Å². The van der Waals surface area contributed by atoms with Gasteiger partial charge in [0.1, 0.15) is 5.75 Å². The van der Waals surface area contributed by atoms with Gasteiger partial charge in [-0.25, -0.2) is 0 Å². The third-order valence-corrected chi connectivity index (χ3v) is 8.04. The minimum atomic E-state index is -0.682. The maximum Gasteiger partial charge on any atom is 0.254 e. The number of amides is 1. The largest absolute Gasteiger partial charge is 0.497 e. The fourth-order valence-electron chi connectivity index (χ4n) is 6.01. The number of hydrogen-bond acceptors (Lipinski definition) is 8. The molecule has 3 aromatic rings. The van der Waals surface area contributed by atoms with Gasteiger partial charge in [0.25, 0.3) is 5.91 Å². The summed E-state index contributed by atoms with van der Waals surface area (Å²) in [5.41, 5.74) is 4.66. The molecule has 1 amide bonds. The highest BCUT2D eigenvalue weighted by Gasteiger charge is 2.42. The molecule has 9 heteroatoms. The normalized spacial score (nSPS) is 18.0. The van der Waals surface area contributed by atoms with Gasteiger partial charge in [0.15, 0.2) is 28.8 Å². The second-order valence-electron chi connectivity index (χ2n) is 10.4. The van der Waals surface area contributed by atoms with Crippen LogP contribution < -0.4 is 34.3 Å². The van der Waals surface area contributed by atoms with Crippen LogP contribution >= 0.6 is 0 Å². The number of para-hydroxylation sites is 1. The van der Waals surface area contributed by atoms with Gasteiger partial charge >= 0.3 is 0 Å². The summed E-state index contributed by atoms with van der Waals surface area (Å²) in [6.07, 6.45) is 0.843. The van der Waals surface area contributed by atoms with Crippen LogP contribution in [0.4, 0.5) is 5.69 Å². The third-order valence-electron chi connectivity index (χ3n) is 8.04. The summed E-state index contributed by atoms with van der Waals surface area (Å²) in [6, 6.07) is 18.3. The maximum absolute atomic E-state index is 14.1. The van der Waals surface area contributed by atoms with Gasteiger partial charge in [-0.3, -0.25) is 9.59 Å². The fraction of sp³-hybridized carbons (Fsp3) is 0.294. The number of ketones is 1. The van der Waals surface area contributed by atoms with E-state index in [9.17, 15) is 9.59 Å². The monoisotopic (exact) mass is 584 g/mol. The lowest BCUT2D eigenvalue weighted by molar-refractivity contribution is -0.116. The zero-order valence-corrected chi connectivity index (χ0v) is 25.2. The minimum Gasteiger partial charge on any atom is -0.497 e. The van der Waals surface area contributed by atoms with Crippen LogP contribution in [0.2, 0.25) is 0 Å². The van der Waals surface area contributed by atoms with Gasteiger partial charge in [-0.05, 0) is 67.3 Å². The molecule has 224 valence electrons. The average Bonchev–Trinajstić information content (AvgIpc) is 3.03. The molecule has 0 spiro atoms. The number of ether oxygens (including phenoxy) is 5. The first-order valence-corrected chi connectivity index (χ1v) is 14.0. The molecule has 0 saturated carbocycles. The summed E-state index contributed by atoms with van der Waals surface area (Å²) in [4.78, 5) is 28.1. The van der Waals surface area contributed by atoms with E-state index in [1.54, 1.807) is 65.9 Å². The van der Waals surface area contributed by atoms with Crippen LogP contribution in [0.25, 0.3) is 0 Å². The van der Waals surface area contributed by atoms with Crippen molar-refractivity contribution < 1.29 is 33.3 Å². The number of benzene rings is 3. The van der Waals surface area contributed by atoms with Gasteiger partial charge in [0.2, 0.25) is 0 Å². The SMILES string of the molecule is COc1ccc(NC(=O)C2=C(C)NC3=C(C(=O)CC(c4ccc(OC)c(OC)c4)C3)C2c2cccc(OC)c2OC)cc1. The Kier molecular flexibility index (Phi) is 8.61. The molecule has 1 heterocycles. The standard InChI is InChI=1S/C34H36N2O7/c1-19-30(34(38)36-22-11-13-23(39-2)14-12-22)31(24-8-7-9-28(41-4)33(24)43-6)32-25(35-19)16-21(17-26(32)37)20-10-15-27(40-3)29(18-20)42-5/h7-15,18,21,31,35H,16-17H2,1-6H3,(H,36,38). The number of dihydropyridines is 1. The molecule has 0 bridgehead atoms. The summed E-state index contributed by atoms with van der Waals surface area (Å²) in [5, 5.41) is 6.43. The van der Waals surface area contributed by atoms with Crippen molar-refractivity contribution in [3.63, 3.8) is 0 Å². The van der Waals surface area contributed by atoms with Crippen LogP contribution in [0.3, 0.4) is 0 Å². The highest BCUT2D eigenvalue weighted by molar-refractivity contribution is 6.10. The molecular weight excluding hydrogens is 548 g/mol. The molecule has 0 fully saturated rings. The minimum absolute atomic E-state index is 0.0503. The first-order valence-electron chi connectivity index (χ1n) is 14.0. The predicted molar refractivity (Wildman–Crippen MR) is 163 cm³/mol. The molecule has 9 nitrogen and oxygen atoms in total. The third kappa shape index (κ3) is 5.62. The van der Waals surface area contributed by atoms with E-state index in [2.05, 4.69) is 10.6 Å². The molecule has 43 heavy (non-hydrogen) atoms. The summed E-state index contributed by atoms with van der Waals surface area (Å²) in [7, 11) is 7.89. The number of carbonyl (C=O) groups excluding carboxylic acids is 2. The molecule has 2 atom stereocenters. The highest BCUT2D eigenvalue weighted by atomic mass is 16.5. The zero-order valence-electron chi connectivity index (χ0n) is 25.2. The van der Waals surface area contributed by atoms with E-state index in [0.717, 1.165) is 11.3 Å². The lowest BCUT2D eigenvalue weighted by Crippen LogP contribution is -2.37. The van der Waals surface area contributed by atoms with Gasteiger partial charge in [-0.15, -0.1) is 0 Å². The summed E-state index contributed by atoms with van der Waals surface area (Å²) in [5.74, 6) is 1.75. The van der Waals surface area contributed by atoms with Crippen LogP contribution in [0.1, 0.15) is 42.7 Å². The number of allylic oxidation sites excluding steroid dienone is 3. The van der Waals surface area contributed by atoms with Crippen LogP contribution in [0, 0.1) is 0 Å². The Labute approximate surface area is 251 Å². The number of hydrogen-bond donors (Lipinski definition) is 2. The molecule has 0 aromatic heterocycles. The molecular formula is C34H36N2O7. The molecule has 0 radical (unpaired) electrons. The first kappa shape index (κ1) is 29.6. The number of methoxy groups -OCH3 is 5. The molecule has 0 saturated heterocycles. The van der Waals surface area contributed by atoms with Crippen LogP contribution in [-0.2, 0) is 9.59 Å². The van der Waals surface area contributed by atoms with Crippen molar-refractivity contribution >= 4 is 17.4 Å². The van der Waals surface area contributed by atoms with Crippen molar-refractivity contribution in [1.29, 1.82) is 0 Å². The highest BCUT2D eigenvalue weighted by Crippen LogP contribution is 2.49. The van der Waals surface area contributed by atoms with Gasteiger partial charge in [0, 0.05) is 40.2 Å². The van der Waals surface area contributed by atoms with E-state index in [0.29, 0.717) is 63.3 Å². The van der Waals surface area contributed by atoms with Crippen molar-refractivity contribution in [2.75, 3.05) is 40.9 Å². The quantitative estimate of drug-likeness (QED) is 0.329. The molecule has 1 aliphatic heterocycles. The molecule has 2 aliphatic rings. The van der Waals surface area contributed by atoms with Gasteiger partial charge < -0.3 is 34.3 Å². The van der Waals surface area contributed by atoms with Gasteiger partial charge in [0.05, 0.1) is 41.5 Å². The number of nitrogens with one attached hydrogen (secondary N) is 2. The molecule has 5 rings (SSSR count). The van der Waals surface area contributed by atoms with Crippen LogP contribution in [-0.4, -0.2) is 47.2 Å². The van der Waals surface area contributed by atoms with Crippen molar-refractivity contribution in [2.24, 2.45) is 0 Å². The second kappa shape index (κ2) is 12.5. The first-order chi connectivity index (χ1) is 20.8. The van der Waals surface area contributed by atoms with Crippen LogP contribution in [0.5, 0.6) is 28.7 Å². The van der Waals surface area contributed by atoms with E-state index in [-0.39, 0.29) is 24.0 Å². The molecule has 1 aliphatic carbocycles. The molecule has 2 N–H and O–H groups in total. The average molecular weight is 585 g/mol. The lowest BCUT2D eigenvalue weighted by atomic mass is 9.71. The topological polar surface area (TPSA) is 104 Å². The summed E-state index contributed by atoms with van der Waals surface area (Å²) in [6.45, 7) is 1.86. The zero-order chi connectivity index (χ0) is 30.7. The van der Waals surface area contributed by atoms with Crippen LogP contribution in [0.15, 0.2) is 83.2 Å². The Balaban J connectivity index is 1.59. The van der Waals surface area contributed by atoms with Crippen molar-refractivity contribution in [3.05, 3.63) is 94.3 Å². The Bertz CT molecular complexity index is 1610. The van der Waals surface area contributed by atoms with Crippen molar-refractivity contribution in [3.8, 4) is 28.7 Å². The number of anilines is 1. The maximum atomic E-state index is 14.1. The second-order valence-corrected chi connectivity index (χ2v) is 10.4. The molecule has 3 aromatic carbocycles. The van der Waals surface area contributed by atoms with E-state index in [1.165, 1.54) is 0 Å². The predicted octanol–water partition coefficient (Wildman–Crippen LogP) is 5.73.